The Morgan fingerprint density at radius 2 is 1.90 bits per heavy atom. The smallest absolute Gasteiger partial charge is 0.127 e. The van der Waals surface area contributed by atoms with Crippen LogP contribution < -0.4 is 14.8 Å². The quantitative estimate of drug-likeness (QED) is 0.915. The molecular weight excluding hydrogens is 250 g/mol. The van der Waals surface area contributed by atoms with E-state index in [1.165, 1.54) is 24.8 Å². The summed E-state index contributed by atoms with van der Waals surface area (Å²) in [4.78, 5) is 0. The molecule has 3 atom stereocenters. The Morgan fingerprint density at radius 3 is 2.60 bits per heavy atom. The van der Waals surface area contributed by atoms with Crippen molar-refractivity contribution in [2.45, 2.75) is 45.3 Å². The van der Waals surface area contributed by atoms with E-state index in [-0.39, 0.29) is 0 Å². The summed E-state index contributed by atoms with van der Waals surface area (Å²) in [6.45, 7) is 5.37. The highest BCUT2D eigenvalue weighted by Crippen LogP contribution is 2.37. The summed E-state index contributed by atoms with van der Waals surface area (Å²) >= 11 is 0. The fourth-order valence-corrected chi connectivity index (χ4v) is 3.66. The van der Waals surface area contributed by atoms with E-state index >= 15 is 0 Å². The maximum Gasteiger partial charge on any atom is 0.127 e. The van der Waals surface area contributed by atoms with Gasteiger partial charge < -0.3 is 14.8 Å². The zero-order valence-corrected chi connectivity index (χ0v) is 12.7. The molecule has 0 bridgehead atoms. The van der Waals surface area contributed by atoms with Crippen molar-refractivity contribution >= 4 is 0 Å². The molecule has 0 radical (unpaired) electrons. The number of likely N-dealkylation sites (N-methyl/N-ethyl adjacent to an activating group) is 1. The average Bonchev–Trinajstić information content (AvgIpc) is 2.79. The van der Waals surface area contributed by atoms with E-state index in [0.29, 0.717) is 18.8 Å². The monoisotopic (exact) mass is 275 g/mol. The first-order chi connectivity index (χ1) is 9.65. The SMILES string of the molecule is CNC1COc2cc(OC3CC(C)CC(C)C3)ccc21. The Balaban J connectivity index is 1.69. The molecule has 1 aliphatic carbocycles. The van der Waals surface area contributed by atoms with E-state index in [1.54, 1.807) is 0 Å². The number of ether oxygens (including phenoxy) is 2. The van der Waals surface area contributed by atoms with Crippen LogP contribution in [-0.2, 0) is 0 Å². The highest BCUT2D eigenvalue weighted by atomic mass is 16.5. The van der Waals surface area contributed by atoms with E-state index in [0.717, 1.165) is 23.3 Å². The van der Waals surface area contributed by atoms with Crippen molar-refractivity contribution in [2.75, 3.05) is 13.7 Å². The second-order valence-electron chi connectivity index (χ2n) is 6.51. The van der Waals surface area contributed by atoms with Crippen molar-refractivity contribution in [2.24, 2.45) is 11.8 Å². The van der Waals surface area contributed by atoms with Crippen LogP contribution in [0.1, 0.15) is 44.7 Å². The van der Waals surface area contributed by atoms with Crippen LogP contribution in [0.25, 0.3) is 0 Å². The fraction of sp³-hybridized carbons (Fsp3) is 0.647. The maximum atomic E-state index is 6.19. The van der Waals surface area contributed by atoms with Crippen molar-refractivity contribution in [3.63, 3.8) is 0 Å². The van der Waals surface area contributed by atoms with Gasteiger partial charge in [-0.1, -0.05) is 13.8 Å². The summed E-state index contributed by atoms with van der Waals surface area (Å²) in [7, 11) is 1.97. The Bertz CT molecular complexity index is 464. The third kappa shape index (κ3) is 2.78. The molecule has 1 N–H and O–H groups in total. The first-order valence-electron chi connectivity index (χ1n) is 7.76. The molecule has 3 heteroatoms. The Morgan fingerprint density at radius 1 is 1.15 bits per heavy atom. The minimum absolute atomic E-state index is 0.314. The van der Waals surface area contributed by atoms with Gasteiger partial charge in [0.1, 0.15) is 18.1 Å². The predicted molar refractivity (Wildman–Crippen MR) is 80.3 cm³/mol. The number of nitrogens with one attached hydrogen (secondary N) is 1. The van der Waals surface area contributed by atoms with Gasteiger partial charge in [0, 0.05) is 11.6 Å². The third-order valence-corrected chi connectivity index (χ3v) is 4.55. The topological polar surface area (TPSA) is 30.5 Å². The molecule has 1 aliphatic heterocycles. The molecule has 1 heterocycles. The van der Waals surface area contributed by atoms with Crippen molar-refractivity contribution in [3.05, 3.63) is 23.8 Å². The highest BCUT2D eigenvalue weighted by Gasteiger charge is 2.27. The van der Waals surface area contributed by atoms with Gasteiger partial charge in [0.15, 0.2) is 0 Å². The van der Waals surface area contributed by atoms with Crippen molar-refractivity contribution < 1.29 is 9.47 Å². The molecule has 110 valence electrons. The lowest BCUT2D eigenvalue weighted by atomic mass is 9.82. The van der Waals surface area contributed by atoms with Gasteiger partial charge in [-0.3, -0.25) is 0 Å². The zero-order valence-electron chi connectivity index (χ0n) is 12.7. The van der Waals surface area contributed by atoms with Crippen LogP contribution in [0, 0.1) is 11.8 Å². The Hall–Kier alpha value is -1.22. The van der Waals surface area contributed by atoms with E-state index in [2.05, 4.69) is 37.4 Å². The summed E-state index contributed by atoms with van der Waals surface area (Å²) in [5.41, 5.74) is 1.24. The highest BCUT2D eigenvalue weighted by molar-refractivity contribution is 5.45. The second kappa shape index (κ2) is 5.65. The minimum atomic E-state index is 0.314. The molecular formula is C17H25NO2. The number of benzene rings is 1. The first kappa shape index (κ1) is 13.7. The molecule has 3 nitrogen and oxygen atoms in total. The molecule has 20 heavy (non-hydrogen) atoms. The minimum Gasteiger partial charge on any atom is -0.491 e. The van der Waals surface area contributed by atoms with E-state index in [9.17, 15) is 0 Å². The zero-order chi connectivity index (χ0) is 14.1. The van der Waals surface area contributed by atoms with Gasteiger partial charge in [-0.15, -0.1) is 0 Å². The Kier molecular flexibility index (Phi) is 3.88. The molecule has 0 saturated heterocycles. The molecule has 3 unspecified atom stereocenters. The lowest BCUT2D eigenvalue weighted by Crippen LogP contribution is -2.28. The number of hydrogen-bond donors (Lipinski definition) is 1. The predicted octanol–water partition coefficient (Wildman–Crippen LogP) is 3.54. The van der Waals surface area contributed by atoms with Crippen LogP contribution in [0.3, 0.4) is 0 Å². The molecule has 3 rings (SSSR count). The molecule has 1 aromatic carbocycles. The van der Waals surface area contributed by atoms with Crippen LogP contribution in [0.15, 0.2) is 18.2 Å². The maximum absolute atomic E-state index is 6.19. The summed E-state index contributed by atoms with van der Waals surface area (Å²) in [6.07, 6.45) is 4.02. The Labute approximate surface area is 121 Å². The van der Waals surface area contributed by atoms with Gasteiger partial charge in [0.05, 0.1) is 12.1 Å². The number of rotatable bonds is 3. The van der Waals surface area contributed by atoms with E-state index in [1.807, 2.05) is 7.05 Å². The largest absolute Gasteiger partial charge is 0.491 e. The molecule has 1 saturated carbocycles. The molecule has 0 amide bonds. The normalized spacial score (nSPS) is 32.5. The van der Waals surface area contributed by atoms with Gasteiger partial charge in [0.2, 0.25) is 0 Å². The summed E-state index contributed by atoms with van der Waals surface area (Å²) < 4.78 is 11.9. The van der Waals surface area contributed by atoms with Crippen LogP contribution in [0.2, 0.25) is 0 Å². The van der Waals surface area contributed by atoms with Crippen LogP contribution in [0.4, 0.5) is 0 Å². The van der Waals surface area contributed by atoms with E-state index in [4.69, 9.17) is 9.47 Å². The molecule has 1 fully saturated rings. The van der Waals surface area contributed by atoms with Gasteiger partial charge in [-0.25, -0.2) is 0 Å². The second-order valence-corrected chi connectivity index (χ2v) is 6.51. The third-order valence-electron chi connectivity index (χ3n) is 4.55. The van der Waals surface area contributed by atoms with Crippen molar-refractivity contribution in [1.82, 2.24) is 5.32 Å². The lowest BCUT2D eigenvalue weighted by molar-refractivity contribution is 0.101. The summed E-state index contributed by atoms with van der Waals surface area (Å²) in [5, 5.41) is 3.27. The first-order valence-corrected chi connectivity index (χ1v) is 7.76. The van der Waals surface area contributed by atoms with E-state index < -0.39 is 0 Å². The van der Waals surface area contributed by atoms with Gasteiger partial charge in [0.25, 0.3) is 0 Å². The number of fused-ring (bicyclic) bond motifs is 1. The summed E-state index contributed by atoms with van der Waals surface area (Å²) in [6, 6.07) is 6.58. The summed E-state index contributed by atoms with van der Waals surface area (Å²) in [5.74, 6) is 3.46. The van der Waals surface area contributed by atoms with Crippen LogP contribution in [-0.4, -0.2) is 19.8 Å². The molecule has 0 aromatic heterocycles. The standard InChI is InChI=1S/C17H25NO2/c1-11-6-12(2)8-14(7-11)20-13-4-5-15-16(18-3)10-19-17(15)9-13/h4-5,9,11-12,14,16,18H,6-8,10H2,1-3H3. The van der Waals surface area contributed by atoms with Crippen molar-refractivity contribution in [1.29, 1.82) is 0 Å². The fourth-order valence-electron chi connectivity index (χ4n) is 3.66. The van der Waals surface area contributed by atoms with Crippen molar-refractivity contribution in [3.8, 4) is 11.5 Å². The van der Waals surface area contributed by atoms with Gasteiger partial charge in [-0.05, 0) is 50.3 Å². The lowest BCUT2D eigenvalue weighted by Gasteiger charge is -2.31. The van der Waals surface area contributed by atoms with Gasteiger partial charge in [-0.2, -0.15) is 0 Å². The number of hydrogen-bond acceptors (Lipinski definition) is 3. The van der Waals surface area contributed by atoms with Crippen LogP contribution >= 0.6 is 0 Å². The van der Waals surface area contributed by atoms with Gasteiger partial charge >= 0.3 is 0 Å². The molecule has 0 spiro atoms. The average molecular weight is 275 g/mol. The van der Waals surface area contributed by atoms with Crippen LogP contribution in [0.5, 0.6) is 11.5 Å². The molecule has 2 aliphatic rings. The molecule has 1 aromatic rings.